The zero-order chi connectivity index (χ0) is 14.5. The number of hydrogen-bond acceptors (Lipinski definition) is 2. The number of ether oxygens (including phenoxy) is 1. The van der Waals surface area contributed by atoms with E-state index < -0.39 is 0 Å². The van der Waals surface area contributed by atoms with Crippen LogP contribution in [0.3, 0.4) is 0 Å². The number of nitrogens with one attached hydrogen (secondary N) is 1. The maximum atomic E-state index is 5.72. The van der Waals surface area contributed by atoms with Gasteiger partial charge in [0.1, 0.15) is 12.4 Å². The molecule has 2 aromatic rings. The van der Waals surface area contributed by atoms with Gasteiger partial charge in [-0.15, -0.1) is 0 Å². The molecule has 0 aliphatic heterocycles. The van der Waals surface area contributed by atoms with Gasteiger partial charge in [-0.1, -0.05) is 12.1 Å². The van der Waals surface area contributed by atoms with Crippen molar-refractivity contribution in [2.24, 2.45) is 7.05 Å². The maximum absolute atomic E-state index is 5.72. The second-order valence-corrected chi connectivity index (χ2v) is 5.30. The highest BCUT2D eigenvalue weighted by Gasteiger charge is 2.04. The van der Waals surface area contributed by atoms with Gasteiger partial charge in [0, 0.05) is 31.5 Å². The van der Waals surface area contributed by atoms with E-state index in [0.29, 0.717) is 6.61 Å². The predicted molar refractivity (Wildman–Crippen MR) is 83.3 cm³/mol. The molecule has 108 valence electrons. The fraction of sp³-hybridized carbons (Fsp3) is 0.412. The number of nitrogens with zero attached hydrogens (tertiary/aromatic N) is 1. The summed E-state index contributed by atoms with van der Waals surface area (Å²) in [5.74, 6) is 0.943. The van der Waals surface area contributed by atoms with Crippen molar-refractivity contribution in [3.63, 3.8) is 0 Å². The Labute approximate surface area is 121 Å². The third-order valence-electron chi connectivity index (χ3n) is 3.73. The second-order valence-electron chi connectivity index (χ2n) is 5.30. The van der Waals surface area contributed by atoms with E-state index in [1.165, 1.54) is 22.5 Å². The number of aryl methyl sites for hydroxylation is 2. The summed E-state index contributed by atoms with van der Waals surface area (Å²) in [5, 5.41) is 3.43. The molecule has 0 radical (unpaired) electrons. The highest BCUT2D eigenvalue weighted by Crippen LogP contribution is 2.13. The Hall–Kier alpha value is -1.74. The fourth-order valence-corrected chi connectivity index (χ4v) is 2.28. The van der Waals surface area contributed by atoms with E-state index in [-0.39, 0.29) is 0 Å². The molecule has 0 spiro atoms. The molecule has 20 heavy (non-hydrogen) atoms. The van der Waals surface area contributed by atoms with Gasteiger partial charge in [-0.05, 0) is 50.1 Å². The number of aromatic nitrogens is 1. The van der Waals surface area contributed by atoms with Crippen molar-refractivity contribution in [3.05, 3.63) is 52.8 Å². The number of hydrogen-bond donors (Lipinski definition) is 1. The monoisotopic (exact) mass is 272 g/mol. The van der Waals surface area contributed by atoms with Crippen LogP contribution in [0.25, 0.3) is 0 Å². The molecule has 0 aliphatic carbocycles. The predicted octanol–water partition coefficient (Wildman–Crippen LogP) is 3.12. The van der Waals surface area contributed by atoms with Crippen LogP contribution in [0.2, 0.25) is 0 Å². The van der Waals surface area contributed by atoms with Crippen LogP contribution in [0.15, 0.2) is 30.3 Å². The van der Waals surface area contributed by atoms with E-state index in [1.54, 1.807) is 0 Å². The van der Waals surface area contributed by atoms with Gasteiger partial charge in [-0.3, -0.25) is 0 Å². The summed E-state index contributed by atoms with van der Waals surface area (Å²) in [5.41, 5.74) is 5.22. The summed E-state index contributed by atoms with van der Waals surface area (Å²) in [6.45, 7) is 8.80. The lowest BCUT2D eigenvalue weighted by Gasteiger charge is -2.08. The average Bonchev–Trinajstić information content (AvgIpc) is 2.66. The summed E-state index contributed by atoms with van der Waals surface area (Å²) >= 11 is 0. The van der Waals surface area contributed by atoms with Gasteiger partial charge >= 0.3 is 0 Å². The lowest BCUT2D eigenvalue weighted by Crippen LogP contribution is -2.20. The van der Waals surface area contributed by atoms with Gasteiger partial charge in [-0.25, -0.2) is 0 Å². The Balaban J connectivity index is 1.73. The Morgan fingerprint density at radius 2 is 1.95 bits per heavy atom. The summed E-state index contributed by atoms with van der Waals surface area (Å²) < 4.78 is 7.94. The van der Waals surface area contributed by atoms with Crippen LogP contribution in [0.1, 0.15) is 22.5 Å². The second kappa shape index (κ2) is 6.62. The smallest absolute Gasteiger partial charge is 0.119 e. The van der Waals surface area contributed by atoms with Crippen molar-refractivity contribution in [1.82, 2.24) is 9.88 Å². The van der Waals surface area contributed by atoms with Crippen LogP contribution >= 0.6 is 0 Å². The molecule has 0 aliphatic rings. The topological polar surface area (TPSA) is 26.2 Å². The molecule has 1 N–H and O–H groups in total. The first-order valence-electron chi connectivity index (χ1n) is 7.10. The average molecular weight is 272 g/mol. The molecule has 2 rings (SSSR count). The van der Waals surface area contributed by atoms with Crippen LogP contribution in [0.4, 0.5) is 0 Å². The van der Waals surface area contributed by atoms with Crippen LogP contribution in [0.5, 0.6) is 5.75 Å². The summed E-state index contributed by atoms with van der Waals surface area (Å²) in [6, 6.07) is 10.4. The number of rotatable bonds is 6. The molecule has 0 atom stereocenters. The zero-order valence-electron chi connectivity index (χ0n) is 12.9. The van der Waals surface area contributed by atoms with Crippen LogP contribution < -0.4 is 10.1 Å². The molecule has 3 nitrogen and oxygen atoms in total. The Morgan fingerprint density at radius 3 is 2.60 bits per heavy atom. The van der Waals surface area contributed by atoms with E-state index >= 15 is 0 Å². The molecule has 0 fully saturated rings. The summed E-state index contributed by atoms with van der Waals surface area (Å²) in [7, 11) is 2.11. The van der Waals surface area contributed by atoms with Crippen molar-refractivity contribution < 1.29 is 4.74 Å². The van der Waals surface area contributed by atoms with Gasteiger partial charge in [-0.2, -0.15) is 0 Å². The van der Waals surface area contributed by atoms with E-state index in [9.17, 15) is 0 Å². The molecular formula is C17H24N2O. The molecule has 0 bridgehead atoms. The number of benzene rings is 1. The molecule has 1 heterocycles. The molecule has 1 aromatic heterocycles. The summed E-state index contributed by atoms with van der Waals surface area (Å²) in [4.78, 5) is 0. The molecule has 3 heteroatoms. The molecule has 1 aromatic carbocycles. The van der Waals surface area contributed by atoms with Crippen molar-refractivity contribution in [3.8, 4) is 5.75 Å². The standard InChI is InChI=1S/C17H24N2O/c1-13-6-5-7-17(10-13)20-9-8-18-12-16-11-14(2)19(4)15(16)3/h5-7,10-11,18H,8-9,12H2,1-4H3. The Kier molecular flexibility index (Phi) is 4.85. The van der Waals surface area contributed by atoms with E-state index in [2.05, 4.69) is 55.9 Å². The van der Waals surface area contributed by atoms with Crippen molar-refractivity contribution in [1.29, 1.82) is 0 Å². The lowest BCUT2D eigenvalue weighted by atomic mass is 10.2. The Bertz CT molecular complexity index is 572. The van der Waals surface area contributed by atoms with Crippen molar-refractivity contribution >= 4 is 0 Å². The fourth-order valence-electron chi connectivity index (χ4n) is 2.28. The minimum atomic E-state index is 0.689. The van der Waals surface area contributed by atoms with Gasteiger partial charge in [0.2, 0.25) is 0 Å². The normalized spacial score (nSPS) is 10.8. The van der Waals surface area contributed by atoms with Gasteiger partial charge in [0.15, 0.2) is 0 Å². The zero-order valence-corrected chi connectivity index (χ0v) is 12.9. The largest absolute Gasteiger partial charge is 0.492 e. The van der Waals surface area contributed by atoms with E-state index in [4.69, 9.17) is 4.74 Å². The van der Waals surface area contributed by atoms with Crippen LogP contribution in [-0.4, -0.2) is 17.7 Å². The SMILES string of the molecule is Cc1cccc(OCCNCc2cc(C)n(C)c2C)c1. The van der Waals surface area contributed by atoms with E-state index in [1.807, 2.05) is 12.1 Å². The summed E-state index contributed by atoms with van der Waals surface area (Å²) in [6.07, 6.45) is 0. The first-order chi connectivity index (χ1) is 9.58. The third kappa shape index (κ3) is 3.64. The van der Waals surface area contributed by atoms with Crippen LogP contribution in [-0.2, 0) is 13.6 Å². The molecular weight excluding hydrogens is 248 g/mol. The van der Waals surface area contributed by atoms with Crippen molar-refractivity contribution in [2.75, 3.05) is 13.2 Å². The first-order valence-corrected chi connectivity index (χ1v) is 7.10. The molecule has 0 saturated heterocycles. The molecule has 0 saturated carbocycles. The van der Waals surface area contributed by atoms with Crippen LogP contribution in [0, 0.1) is 20.8 Å². The third-order valence-corrected chi connectivity index (χ3v) is 3.73. The van der Waals surface area contributed by atoms with Gasteiger partial charge < -0.3 is 14.6 Å². The minimum absolute atomic E-state index is 0.689. The first kappa shape index (κ1) is 14.7. The molecule has 0 unspecified atom stereocenters. The van der Waals surface area contributed by atoms with Gasteiger partial charge in [0.05, 0.1) is 0 Å². The lowest BCUT2D eigenvalue weighted by molar-refractivity contribution is 0.313. The highest BCUT2D eigenvalue weighted by molar-refractivity contribution is 5.27. The Morgan fingerprint density at radius 1 is 1.15 bits per heavy atom. The van der Waals surface area contributed by atoms with Crippen molar-refractivity contribution in [2.45, 2.75) is 27.3 Å². The van der Waals surface area contributed by atoms with E-state index in [0.717, 1.165) is 18.8 Å². The quantitative estimate of drug-likeness (QED) is 0.818. The highest BCUT2D eigenvalue weighted by atomic mass is 16.5. The molecule has 0 amide bonds. The maximum Gasteiger partial charge on any atom is 0.119 e. The minimum Gasteiger partial charge on any atom is -0.492 e. The van der Waals surface area contributed by atoms with Gasteiger partial charge in [0.25, 0.3) is 0 Å².